The van der Waals surface area contributed by atoms with Gasteiger partial charge >= 0.3 is 0 Å². The number of aromatic amines is 1. The van der Waals surface area contributed by atoms with Gasteiger partial charge in [-0.15, -0.1) is 0 Å². The van der Waals surface area contributed by atoms with E-state index < -0.39 is 0 Å². The number of ether oxygens (including phenoxy) is 2. The molecule has 0 saturated heterocycles. The van der Waals surface area contributed by atoms with Crippen molar-refractivity contribution in [1.82, 2.24) is 14.9 Å². The van der Waals surface area contributed by atoms with Gasteiger partial charge in [-0.25, -0.2) is 5.10 Å². The summed E-state index contributed by atoms with van der Waals surface area (Å²) in [6.07, 6.45) is 1.48. The fraction of sp³-hybridized carbons (Fsp3) is 0.118. The van der Waals surface area contributed by atoms with Crippen molar-refractivity contribution < 1.29 is 14.6 Å². The number of hydrogen-bond donors (Lipinski definition) is 2. The van der Waals surface area contributed by atoms with Gasteiger partial charge in [0.05, 0.1) is 13.3 Å². The van der Waals surface area contributed by atoms with Crippen molar-refractivity contribution in [2.24, 2.45) is 5.10 Å². The normalized spacial score (nSPS) is 10.9. The molecule has 0 aliphatic carbocycles. The zero-order valence-corrected chi connectivity index (χ0v) is 14.2. The van der Waals surface area contributed by atoms with E-state index in [0.717, 1.165) is 5.75 Å². The van der Waals surface area contributed by atoms with Crippen molar-refractivity contribution in [1.29, 1.82) is 0 Å². The zero-order chi connectivity index (χ0) is 17.6. The number of para-hydroxylation sites is 2. The Kier molecular flexibility index (Phi) is 5.10. The Morgan fingerprint density at radius 2 is 2.04 bits per heavy atom. The first-order chi connectivity index (χ1) is 12.2. The molecule has 0 unspecified atom stereocenters. The molecule has 1 aromatic heterocycles. The summed E-state index contributed by atoms with van der Waals surface area (Å²) in [6.45, 7) is 0.193. The lowest BCUT2D eigenvalue weighted by atomic mass is 10.2. The molecule has 2 aromatic carbocycles. The van der Waals surface area contributed by atoms with Crippen LogP contribution in [0.2, 0.25) is 0 Å². The van der Waals surface area contributed by atoms with E-state index in [1.807, 2.05) is 30.3 Å². The minimum Gasteiger partial charge on any atom is -0.504 e. The predicted molar refractivity (Wildman–Crippen MR) is 95.8 cm³/mol. The highest BCUT2D eigenvalue weighted by Gasteiger charge is 2.08. The molecule has 1 heterocycles. The molecule has 0 radical (unpaired) electrons. The maximum atomic E-state index is 10.1. The fourth-order valence-electron chi connectivity index (χ4n) is 2.13. The third-order valence-corrected chi connectivity index (χ3v) is 3.66. The third-order valence-electron chi connectivity index (χ3n) is 3.39. The van der Waals surface area contributed by atoms with Gasteiger partial charge in [0.25, 0.3) is 0 Å². The van der Waals surface area contributed by atoms with Crippen molar-refractivity contribution in [3.8, 4) is 17.2 Å². The molecule has 128 valence electrons. The number of nitrogens with zero attached hydrogens (tertiary/aromatic N) is 3. The first kappa shape index (κ1) is 16.7. The number of H-pyrrole nitrogens is 1. The topological polar surface area (TPSA) is 84.7 Å². The number of rotatable bonds is 6. The number of methoxy groups -OCH3 is 1. The van der Waals surface area contributed by atoms with Gasteiger partial charge in [0, 0.05) is 5.56 Å². The van der Waals surface area contributed by atoms with Crippen LogP contribution in [-0.4, -0.2) is 33.3 Å². The van der Waals surface area contributed by atoms with Crippen LogP contribution in [0.15, 0.2) is 53.6 Å². The Bertz CT molecular complexity index is 935. The smallest absolute Gasteiger partial charge is 0.216 e. The Hall–Kier alpha value is -3.13. The molecular formula is C17H16N4O3S. The lowest BCUT2D eigenvalue weighted by Gasteiger charge is -2.06. The Balaban J connectivity index is 1.81. The van der Waals surface area contributed by atoms with Crippen LogP contribution in [0.1, 0.15) is 11.4 Å². The molecule has 25 heavy (non-hydrogen) atoms. The molecule has 0 bridgehead atoms. The molecule has 8 heteroatoms. The van der Waals surface area contributed by atoms with Gasteiger partial charge in [0.1, 0.15) is 12.4 Å². The average molecular weight is 356 g/mol. The van der Waals surface area contributed by atoms with Gasteiger partial charge < -0.3 is 14.6 Å². The lowest BCUT2D eigenvalue weighted by molar-refractivity contribution is 0.290. The monoisotopic (exact) mass is 356 g/mol. The van der Waals surface area contributed by atoms with Crippen LogP contribution in [0.25, 0.3) is 0 Å². The van der Waals surface area contributed by atoms with E-state index in [0.29, 0.717) is 21.9 Å². The molecule has 0 spiro atoms. The Morgan fingerprint density at radius 1 is 1.24 bits per heavy atom. The van der Waals surface area contributed by atoms with E-state index in [-0.39, 0.29) is 12.4 Å². The van der Waals surface area contributed by atoms with E-state index in [1.165, 1.54) is 18.0 Å². The SMILES string of the molecule is COc1cccc(/C=N\n2c(COc3ccccc3)n[nH]c2=S)c1O. The number of phenolic OH excluding ortho intramolecular Hbond substituents is 1. The summed E-state index contributed by atoms with van der Waals surface area (Å²) in [7, 11) is 1.49. The van der Waals surface area contributed by atoms with Gasteiger partial charge in [-0.1, -0.05) is 24.3 Å². The predicted octanol–water partition coefficient (Wildman–Crippen LogP) is 3.12. The molecule has 0 saturated carbocycles. The van der Waals surface area contributed by atoms with Gasteiger partial charge in [-0.2, -0.15) is 14.9 Å². The second-order valence-corrected chi connectivity index (χ2v) is 5.39. The molecule has 0 aliphatic rings. The minimum atomic E-state index is 0.00542. The minimum absolute atomic E-state index is 0.00542. The van der Waals surface area contributed by atoms with Crippen molar-refractivity contribution >= 4 is 18.4 Å². The number of aromatic nitrogens is 3. The fourth-order valence-corrected chi connectivity index (χ4v) is 2.33. The number of benzene rings is 2. The van der Waals surface area contributed by atoms with Gasteiger partial charge in [0.15, 0.2) is 17.3 Å². The van der Waals surface area contributed by atoms with Gasteiger partial charge in [0.2, 0.25) is 4.77 Å². The third kappa shape index (κ3) is 3.86. The maximum Gasteiger partial charge on any atom is 0.216 e. The standard InChI is InChI=1S/C17H16N4O3S/c1-23-14-9-5-6-12(16(14)22)10-18-21-15(19-20-17(21)25)11-24-13-7-3-2-4-8-13/h2-10,22H,11H2,1H3,(H,20,25)/b18-10-. The second kappa shape index (κ2) is 7.63. The largest absolute Gasteiger partial charge is 0.504 e. The summed E-state index contributed by atoms with van der Waals surface area (Å²) in [6, 6.07) is 14.5. The molecular weight excluding hydrogens is 340 g/mol. The summed E-state index contributed by atoms with van der Waals surface area (Å²) in [5.74, 6) is 1.60. The molecule has 7 nitrogen and oxygen atoms in total. The number of aromatic hydroxyl groups is 1. The van der Waals surface area contributed by atoms with E-state index in [4.69, 9.17) is 21.7 Å². The van der Waals surface area contributed by atoms with Crippen molar-refractivity contribution in [2.45, 2.75) is 6.61 Å². The molecule has 3 rings (SSSR count). The van der Waals surface area contributed by atoms with E-state index in [1.54, 1.807) is 18.2 Å². The van der Waals surface area contributed by atoms with Crippen LogP contribution >= 0.6 is 12.2 Å². The molecule has 2 N–H and O–H groups in total. The van der Waals surface area contributed by atoms with Gasteiger partial charge in [-0.05, 0) is 36.5 Å². The maximum absolute atomic E-state index is 10.1. The molecule has 0 atom stereocenters. The first-order valence-electron chi connectivity index (χ1n) is 7.43. The van der Waals surface area contributed by atoms with E-state index >= 15 is 0 Å². The highest BCUT2D eigenvalue weighted by molar-refractivity contribution is 7.71. The van der Waals surface area contributed by atoms with E-state index in [9.17, 15) is 5.11 Å². The Labute approximate surface area is 149 Å². The molecule has 0 aliphatic heterocycles. The zero-order valence-electron chi connectivity index (χ0n) is 13.4. The van der Waals surface area contributed by atoms with Crippen LogP contribution in [0, 0.1) is 4.77 Å². The summed E-state index contributed by atoms with van der Waals surface area (Å²) in [5.41, 5.74) is 0.498. The first-order valence-corrected chi connectivity index (χ1v) is 7.84. The van der Waals surface area contributed by atoms with E-state index in [2.05, 4.69) is 15.3 Å². The van der Waals surface area contributed by atoms with Crippen molar-refractivity contribution in [3.05, 3.63) is 64.7 Å². The van der Waals surface area contributed by atoms with Crippen LogP contribution in [-0.2, 0) is 6.61 Å². The number of nitrogens with one attached hydrogen (secondary N) is 1. The van der Waals surface area contributed by atoms with Crippen LogP contribution in [0.3, 0.4) is 0 Å². The summed E-state index contributed by atoms with van der Waals surface area (Å²) < 4.78 is 12.5. The highest BCUT2D eigenvalue weighted by Crippen LogP contribution is 2.28. The van der Waals surface area contributed by atoms with Crippen LogP contribution in [0.4, 0.5) is 0 Å². The summed E-state index contributed by atoms with van der Waals surface area (Å²) in [4.78, 5) is 0. The number of phenols is 1. The van der Waals surface area contributed by atoms with Crippen molar-refractivity contribution in [3.63, 3.8) is 0 Å². The van der Waals surface area contributed by atoms with Crippen molar-refractivity contribution in [2.75, 3.05) is 7.11 Å². The van der Waals surface area contributed by atoms with Crippen LogP contribution < -0.4 is 9.47 Å². The number of hydrogen-bond acceptors (Lipinski definition) is 6. The molecule has 0 amide bonds. The second-order valence-electron chi connectivity index (χ2n) is 5.00. The lowest BCUT2D eigenvalue weighted by Crippen LogP contribution is -2.04. The Morgan fingerprint density at radius 3 is 2.80 bits per heavy atom. The van der Waals surface area contributed by atoms with Crippen LogP contribution in [0.5, 0.6) is 17.2 Å². The molecule has 3 aromatic rings. The summed E-state index contributed by atoms with van der Waals surface area (Å²) >= 11 is 5.19. The highest BCUT2D eigenvalue weighted by atomic mass is 32.1. The van der Waals surface area contributed by atoms with Gasteiger partial charge in [-0.3, -0.25) is 0 Å². The summed E-state index contributed by atoms with van der Waals surface area (Å²) in [5, 5.41) is 21.2. The quantitative estimate of drug-likeness (QED) is 0.524. The average Bonchev–Trinajstić information content (AvgIpc) is 3.00. The molecule has 0 fully saturated rings.